The fourth-order valence-corrected chi connectivity index (χ4v) is 4.22. The number of aliphatic hydroxyl groups excluding tert-OH is 1. The van der Waals surface area contributed by atoms with Gasteiger partial charge in [0.15, 0.2) is 0 Å². The van der Waals surface area contributed by atoms with Crippen LogP contribution in [0.4, 0.5) is 4.39 Å². The van der Waals surface area contributed by atoms with Gasteiger partial charge in [0.25, 0.3) is 5.91 Å². The van der Waals surface area contributed by atoms with Crippen molar-refractivity contribution in [3.8, 4) is 17.7 Å². The highest BCUT2D eigenvalue weighted by atomic mass is 19.1. The molecule has 0 unspecified atom stereocenters. The van der Waals surface area contributed by atoms with Gasteiger partial charge in [0.05, 0.1) is 12.6 Å². The third-order valence-electron chi connectivity index (χ3n) is 6.46. The smallest absolute Gasteiger partial charge is 0.259 e. The van der Waals surface area contributed by atoms with Crippen LogP contribution in [0.2, 0.25) is 0 Å². The maximum Gasteiger partial charge on any atom is 0.259 e. The lowest BCUT2D eigenvalue weighted by molar-refractivity contribution is 0.0327. The molecule has 6 nitrogen and oxygen atoms in total. The van der Waals surface area contributed by atoms with E-state index in [0.29, 0.717) is 23.2 Å². The van der Waals surface area contributed by atoms with Gasteiger partial charge < -0.3 is 19.6 Å². The van der Waals surface area contributed by atoms with E-state index in [0.717, 1.165) is 19.0 Å². The number of aliphatic hydroxyl groups is 1. The van der Waals surface area contributed by atoms with Crippen LogP contribution in [0, 0.1) is 29.5 Å². The van der Waals surface area contributed by atoms with E-state index in [1.165, 1.54) is 25.0 Å². The number of carbonyl (C=O) groups is 1. The van der Waals surface area contributed by atoms with Crippen molar-refractivity contribution in [2.45, 2.75) is 38.8 Å². The normalized spacial score (nSPS) is 21.1. The summed E-state index contributed by atoms with van der Waals surface area (Å²) in [5.74, 6) is 6.41. The summed E-state index contributed by atoms with van der Waals surface area (Å²) in [5.41, 5.74) is 1.40. The monoisotopic (exact) mass is 465 g/mol. The van der Waals surface area contributed by atoms with Crippen LogP contribution in [0.3, 0.4) is 0 Å². The van der Waals surface area contributed by atoms with Crippen molar-refractivity contribution in [2.75, 3.05) is 33.3 Å². The van der Waals surface area contributed by atoms with Gasteiger partial charge in [0.2, 0.25) is 5.88 Å². The molecule has 180 valence electrons. The van der Waals surface area contributed by atoms with Gasteiger partial charge in [-0.05, 0) is 57.0 Å². The molecule has 0 saturated heterocycles. The minimum Gasteiger partial charge on any atom is -0.472 e. The minimum atomic E-state index is -0.355. The molecule has 1 amide bonds. The number of rotatable bonds is 6. The molecule has 1 saturated carbocycles. The van der Waals surface area contributed by atoms with Crippen molar-refractivity contribution in [2.24, 2.45) is 11.8 Å². The Morgan fingerprint density at radius 2 is 2.03 bits per heavy atom. The van der Waals surface area contributed by atoms with Gasteiger partial charge in [0.1, 0.15) is 17.5 Å². The van der Waals surface area contributed by atoms with E-state index >= 15 is 0 Å². The molecule has 2 aliphatic rings. The zero-order chi connectivity index (χ0) is 24.2. The van der Waals surface area contributed by atoms with Crippen molar-refractivity contribution < 1.29 is 19.0 Å². The summed E-state index contributed by atoms with van der Waals surface area (Å²) in [4.78, 5) is 21.9. The molecular weight excluding hydrogens is 433 g/mol. The standard InChI is InChI=1S/C27H32FN3O3/c1-18-14-31(19(2)17-32)27(33)24-12-22(10-7-20-5-4-6-23(28)11-20)13-29-26(24)34-25(18)16-30(3)15-21-8-9-21/h4-6,11-13,18-19,21,25,32H,8-9,14-17H2,1-3H3/t18-,19+,25-/m1/s1. The first kappa shape index (κ1) is 24.2. The molecule has 0 spiro atoms. The van der Waals surface area contributed by atoms with E-state index in [1.807, 2.05) is 6.92 Å². The molecule has 2 heterocycles. The summed E-state index contributed by atoms with van der Waals surface area (Å²) >= 11 is 0. The molecule has 2 aromatic rings. The molecule has 1 N–H and O–H groups in total. The molecule has 0 radical (unpaired) electrons. The number of carbonyl (C=O) groups excluding carboxylic acids is 1. The van der Waals surface area contributed by atoms with Gasteiger partial charge in [-0.3, -0.25) is 4.79 Å². The topological polar surface area (TPSA) is 65.9 Å². The molecule has 7 heteroatoms. The van der Waals surface area contributed by atoms with Crippen LogP contribution in [0.15, 0.2) is 36.5 Å². The quantitative estimate of drug-likeness (QED) is 0.664. The Kier molecular flexibility index (Phi) is 7.50. The van der Waals surface area contributed by atoms with E-state index < -0.39 is 0 Å². The van der Waals surface area contributed by atoms with Gasteiger partial charge in [-0.1, -0.05) is 24.8 Å². The number of nitrogens with zero attached hydrogens (tertiary/aromatic N) is 3. The average Bonchev–Trinajstić information content (AvgIpc) is 3.63. The molecule has 1 aromatic carbocycles. The summed E-state index contributed by atoms with van der Waals surface area (Å²) in [6, 6.07) is 7.38. The number of likely N-dealkylation sites (N-methyl/N-ethyl adjacent to an activating group) is 1. The fourth-order valence-electron chi connectivity index (χ4n) is 4.22. The van der Waals surface area contributed by atoms with Crippen LogP contribution >= 0.6 is 0 Å². The number of halogens is 1. The first-order valence-electron chi connectivity index (χ1n) is 11.9. The van der Waals surface area contributed by atoms with Gasteiger partial charge in [-0.15, -0.1) is 0 Å². The van der Waals surface area contributed by atoms with Gasteiger partial charge in [-0.2, -0.15) is 0 Å². The molecule has 1 aliphatic heterocycles. The SMILES string of the molecule is C[C@@H]1CN([C@@H](C)CO)C(=O)c2cc(C#Cc3cccc(F)c3)cnc2O[C@@H]1CN(C)CC1CC1. The van der Waals surface area contributed by atoms with Crippen molar-refractivity contribution in [1.82, 2.24) is 14.8 Å². The fraction of sp³-hybridized carbons (Fsp3) is 0.481. The Labute approximate surface area is 200 Å². The number of aromatic nitrogens is 1. The molecular formula is C27H32FN3O3. The number of benzene rings is 1. The first-order chi connectivity index (χ1) is 16.3. The van der Waals surface area contributed by atoms with Crippen molar-refractivity contribution >= 4 is 5.91 Å². The summed E-state index contributed by atoms with van der Waals surface area (Å²) in [5, 5.41) is 9.80. The maximum atomic E-state index is 13.5. The highest BCUT2D eigenvalue weighted by Gasteiger charge is 2.34. The lowest BCUT2D eigenvalue weighted by Gasteiger charge is -2.37. The number of hydrogen-bond donors (Lipinski definition) is 1. The third-order valence-corrected chi connectivity index (χ3v) is 6.46. The average molecular weight is 466 g/mol. The summed E-state index contributed by atoms with van der Waals surface area (Å²) in [6.45, 7) is 6.02. The molecule has 3 atom stereocenters. The van der Waals surface area contributed by atoms with E-state index in [4.69, 9.17) is 4.74 Å². The van der Waals surface area contributed by atoms with Gasteiger partial charge >= 0.3 is 0 Å². The van der Waals surface area contributed by atoms with Crippen molar-refractivity contribution in [1.29, 1.82) is 0 Å². The highest BCUT2D eigenvalue weighted by molar-refractivity contribution is 5.97. The predicted octanol–water partition coefficient (Wildman–Crippen LogP) is 3.18. The van der Waals surface area contributed by atoms with Crippen LogP contribution in [0.25, 0.3) is 0 Å². The lowest BCUT2D eigenvalue weighted by Crippen LogP contribution is -2.50. The van der Waals surface area contributed by atoms with Gasteiger partial charge in [0, 0.05) is 42.9 Å². The van der Waals surface area contributed by atoms with Gasteiger partial charge in [-0.25, -0.2) is 9.37 Å². The maximum absolute atomic E-state index is 13.5. The molecule has 1 fully saturated rings. The zero-order valence-electron chi connectivity index (χ0n) is 20.0. The third kappa shape index (κ3) is 5.94. The van der Waals surface area contributed by atoms with E-state index in [-0.39, 0.29) is 42.3 Å². The zero-order valence-corrected chi connectivity index (χ0v) is 20.0. The second-order valence-corrected chi connectivity index (χ2v) is 9.62. The van der Waals surface area contributed by atoms with Crippen LogP contribution in [-0.4, -0.2) is 71.2 Å². The second kappa shape index (κ2) is 10.5. The van der Waals surface area contributed by atoms with Crippen LogP contribution in [0.5, 0.6) is 5.88 Å². The van der Waals surface area contributed by atoms with E-state index in [2.05, 4.69) is 35.7 Å². The number of ether oxygens (including phenoxy) is 1. The lowest BCUT2D eigenvalue weighted by atomic mass is 9.99. The van der Waals surface area contributed by atoms with Crippen LogP contribution < -0.4 is 4.74 Å². The number of fused-ring (bicyclic) bond motifs is 1. The molecule has 4 rings (SSSR count). The van der Waals surface area contributed by atoms with Crippen LogP contribution in [0.1, 0.15) is 48.2 Å². The Bertz CT molecular complexity index is 1090. The van der Waals surface area contributed by atoms with Crippen molar-refractivity contribution in [3.05, 3.63) is 59.0 Å². The summed E-state index contributed by atoms with van der Waals surface area (Å²) in [6.07, 6.45) is 3.99. The predicted molar refractivity (Wildman–Crippen MR) is 128 cm³/mol. The molecule has 34 heavy (non-hydrogen) atoms. The number of hydrogen-bond acceptors (Lipinski definition) is 5. The Morgan fingerprint density at radius 1 is 1.26 bits per heavy atom. The Balaban J connectivity index is 1.64. The van der Waals surface area contributed by atoms with E-state index in [1.54, 1.807) is 29.3 Å². The summed E-state index contributed by atoms with van der Waals surface area (Å²) in [7, 11) is 2.10. The van der Waals surface area contributed by atoms with E-state index in [9.17, 15) is 14.3 Å². The minimum absolute atomic E-state index is 0.0574. The Hall–Kier alpha value is -2.95. The first-order valence-corrected chi connectivity index (χ1v) is 11.9. The number of amides is 1. The number of pyridine rings is 1. The largest absolute Gasteiger partial charge is 0.472 e. The molecule has 0 bridgehead atoms. The highest BCUT2D eigenvalue weighted by Crippen LogP contribution is 2.31. The Morgan fingerprint density at radius 3 is 2.74 bits per heavy atom. The van der Waals surface area contributed by atoms with Crippen LogP contribution in [-0.2, 0) is 0 Å². The second-order valence-electron chi connectivity index (χ2n) is 9.62. The summed E-state index contributed by atoms with van der Waals surface area (Å²) < 4.78 is 19.8. The molecule has 1 aromatic heterocycles. The van der Waals surface area contributed by atoms with Crippen molar-refractivity contribution in [3.63, 3.8) is 0 Å². The molecule has 1 aliphatic carbocycles.